The highest BCUT2D eigenvalue weighted by molar-refractivity contribution is 5.83. The van der Waals surface area contributed by atoms with Gasteiger partial charge in [0.1, 0.15) is 0 Å². The fourth-order valence-corrected chi connectivity index (χ4v) is 3.30. The Morgan fingerprint density at radius 3 is 2.32 bits per heavy atom. The number of carbonyl (C=O) groups is 1. The van der Waals surface area contributed by atoms with Crippen LogP contribution in [0.5, 0.6) is 0 Å². The molecule has 0 aliphatic carbocycles. The molecule has 1 atom stereocenters. The zero-order valence-electron chi connectivity index (χ0n) is 16.4. The van der Waals surface area contributed by atoms with E-state index in [4.69, 9.17) is 0 Å². The fraction of sp³-hybridized carbons (Fsp3) is 0.667. The highest BCUT2D eigenvalue weighted by atomic mass is 16.1. The van der Waals surface area contributed by atoms with Gasteiger partial charge in [-0.05, 0) is 50.4 Å². The van der Waals surface area contributed by atoms with Crippen LogP contribution in [0.3, 0.4) is 0 Å². The predicted molar refractivity (Wildman–Crippen MR) is 105 cm³/mol. The Kier molecular flexibility index (Phi) is 7.91. The first-order valence-corrected chi connectivity index (χ1v) is 9.73. The van der Waals surface area contributed by atoms with Crippen LogP contribution in [-0.2, 0) is 11.2 Å². The Morgan fingerprint density at radius 1 is 1.08 bits per heavy atom. The zero-order chi connectivity index (χ0) is 18.2. The molecule has 1 fully saturated rings. The Labute approximate surface area is 153 Å². The number of amides is 1. The third-order valence-corrected chi connectivity index (χ3v) is 5.06. The third kappa shape index (κ3) is 6.79. The first-order valence-electron chi connectivity index (χ1n) is 9.73. The molecule has 1 saturated heterocycles. The molecule has 0 saturated carbocycles. The molecule has 1 aromatic rings. The average Bonchev–Trinajstić information content (AvgIpc) is 2.59. The van der Waals surface area contributed by atoms with Gasteiger partial charge in [-0.15, -0.1) is 0 Å². The Bertz CT molecular complexity index is 518. The van der Waals surface area contributed by atoms with E-state index in [0.29, 0.717) is 5.92 Å². The smallest absolute Gasteiger partial charge is 0.227 e. The maximum Gasteiger partial charge on any atom is 0.227 e. The summed E-state index contributed by atoms with van der Waals surface area (Å²) in [6.07, 6.45) is 2.11. The molecule has 4 nitrogen and oxygen atoms in total. The van der Waals surface area contributed by atoms with Crippen LogP contribution in [0.4, 0.5) is 0 Å². The molecule has 1 aliphatic rings. The molecule has 2 rings (SSSR count). The SMILES string of the molecule is CC(C)Cc1ccc(C(C)C(=O)NCCCN2CCN(C)CC2)cc1. The lowest BCUT2D eigenvalue weighted by Gasteiger charge is -2.32. The summed E-state index contributed by atoms with van der Waals surface area (Å²) in [7, 11) is 2.17. The summed E-state index contributed by atoms with van der Waals surface area (Å²) < 4.78 is 0. The molecule has 0 aromatic heterocycles. The maximum atomic E-state index is 12.4. The molecular weight excluding hydrogens is 310 g/mol. The molecule has 1 N–H and O–H groups in total. The van der Waals surface area contributed by atoms with Gasteiger partial charge in [0.25, 0.3) is 0 Å². The third-order valence-electron chi connectivity index (χ3n) is 5.06. The highest BCUT2D eigenvalue weighted by Gasteiger charge is 2.16. The minimum atomic E-state index is -0.0864. The number of benzene rings is 1. The van der Waals surface area contributed by atoms with Gasteiger partial charge in [0.05, 0.1) is 5.92 Å². The van der Waals surface area contributed by atoms with Gasteiger partial charge in [-0.25, -0.2) is 0 Å². The number of hydrogen-bond acceptors (Lipinski definition) is 3. The quantitative estimate of drug-likeness (QED) is 0.736. The molecule has 1 amide bonds. The second-order valence-corrected chi connectivity index (χ2v) is 7.85. The summed E-state index contributed by atoms with van der Waals surface area (Å²) in [5, 5.41) is 3.10. The summed E-state index contributed by atoms with van der Waals surface area (Å²) in [5.41, 5.74) is 2.45. The molecule has 4 heteroatoms. The van der Waals surface area contributed by atoms with E-state index in [0.717, 1.165) is 57.7 Å². The number of likely N-dealkylation sites (N-methyl/N-ethyl adjacent to an activating group) is 1. The lowest BCUT2D eigenvalue weighted by molar-refractivity contribution is -0.122. The Hall–Kier alpha value is -1.39. The fourth-order valence-electron chi connectivity index (χ4n) is 3.30. The summed E-state index contributed by atoms with van der Waals surface area (Å²) in [6, 6.07) is 8.53. The molecule has 0 radical (unpaired) electrons. The second kappa shape index (κ2) is 9.93. The summed E-state index contributed by atoms with van der Waals surface area (Å²) >= 11 is 0. The number of nitrogens with zero attached hydrogens (tertiary/aromatic N) is 2. The van der Waals surface area contributed by atoms with Crippen LogP contribution in [0.2, 0.25) is 0 Å². The zero-order valence-corrected chi connectivity index (χ0v) is 16.4. The van der Waals surface area contributed by atoms with E-state index in [9.17, 15) is 4.79 Å². The van der Waals surface area contributed by atoms with Gasteiger partial charge in [-0.3, -0.25) is 4.79 Å². The van der Waals surface area contributed by atoms with Crippen LogP contribution in [0.1, 0.15) is 44.2 Å². The molecule has 1 aliphatic heterocycles. The Balaban J connectivity index is 1.69. The summed E-state index contributed by atoms with van der Waals surface area (Å²) in [4.78, 5) is 17.2. The van der Waals surface area contributed by atoms with Crippen molar-refractivity contribution < 1.29 is 4.79 Å². The van der Waals surface area contributed by atoms with Crippen molar-refractivity contribution in [1.29, 1.82) is 0 Å². The summed E-state index contributed by atoms with van der Waals surface area (Å²) in [6.45, 7) is 12.9. The number of nitrogens with one attached hydrogen (secondary N) is 1. The van der Waals surface area contributed by atoms with Crippen molar-refractivity contribution in [3.8, 4) is 0 Å². The molecular formula is C21H35N3O. The van der Waals surface area contributed by atoms with E-state index < -0.39 is 0 Å². The minimum absolute atomic E-state index is 0.0864. The first-order chi connectivity index (χ1) is 12.0. The molecule has 1 heterocycles. The van der Waals surface area contributed by atoms with Gasteiger partial charge in [-0.1, -0.05) is 38.1 Å². The van der Waals surface area contributed by atoms with Gasteiger partial charge in [-0.2, -0.15) is 0 Å². The van der Waals surface area contributed by atoms with Gasteiger partial charge in [0.15, 0.2) is 0 Å². The van der Waals surface area contributed by atoms with Crippen LogP contribution < -0.4 is 5.32 Å². The van der Waals surface area contributed by atoms with Crippen molar-refractivity contribution in [2.45, 2.75) is 39.5 Å². The van der Waals surface area contributed by atoms with Crippen molar-refractivity contribution in [2.75, 3.05) is 46.3 Å². The van der Waals surface area contributed by atoms with Crippen molar-refractivity contribution in [2.24, 2.45) is 5.92 Å². The van der Waals surface area contributed by atoms with Crippen molar-refractivity contribution in [1.82, 2.24) is 15.1 Å². The van der Waals surface area contributed by atoms with Crippen LogP contribution in [0.25, 0.3) is 0 Å². The van der Waals surface area contributed by atoms with Gasteiger partial charge < -0.3 is 15.1 Å². The van der Waals surface area contributed by atoms with E-state index >= 15 is 0 Å². The maximum absolute atomic E-state index is 12.4. The molecule has 140 valence electrons. The molecule has 1 aromatic carbocycles. The number of carbonyl (C=O) groups excluding carboxylic acids is 1. The second-order valence-electron chi connectivity index (χ2n) is 7.85. The van der Waals surface area contributed by atoms with Crippen LogP contribution >= 0.6 is 0 Å². The molecule has 25 heavy (non-hydrogen) atoms. The van der Waals surface area contributed by atoms with Crippen molar-refractivity contribution >= 4 is 5.91 Å². The minimum Gasteiger partial charge on any atom is -0.356 e. The van der Waals surface area contributed by atoms with Gasteiger partial charge in [0.2, 0.25) is 5.91 Å². The van der Waals surface area contributed by atoms with E-state index in [-0.39, 0.29) is 11.8 Å². The van der Waals surface area contributed by atoms with E-state index in [2.05, 4.69) is 60.3 Å². The normalized spacial score (nSPS) is 17.6. The van der Waals surface area contributed by atoms with Crippen LogP contribution in [0.15, 0.2) is 24.3 Å². The van der Waals surface area contributed by atoms with Crippen LogP contribution in [0, 0.1) is 5.92 Å². The van der Waals surface area contributed by atoms with Gasteiger partial charge >= 0.3 is 0 Å². The highest BCUT2D eigenvalue weighted by Crippen LogP contribution is 2.17. The lowest BCUT2D eigenvalue weighted by Crippen LogP contribution is -2.45. The monoisotopic (exact) mass is 345 g/mol. The largest absolute Gasteiger partial charge is 0.356 e. The van der Waals surface area contributed by atoms with E-state index in [1.807, 2.05) is 6.92 Å². The number of rotatable bonds is 8. The molecule has 0 spiro atoms. The number of hydrogen-bond donors (Lipinski definition) is 1. The average molecular weight is 346 g/mol. The predicted octanol–water partition coefficient (Wildman–Crippen LogP) is 2.74. The topological polar surface area (TPSA) is 35.6 Å². The Morgan fingerprint density at radius 2 is 1.72 bits per heavy atom. The standard InChI is InChI=1S/C21H35N3O/c1-17(2)16-19-6-8-20(9-7-19)18(3)21(25)22-10-5-11-24-14-12-23(4)13-15-24/h6-9,17-18H,5,10-16H2,1-4H3,(H,22,25). The van der Waals surface area contributed by atoms with Crippen molar-refractivity contribution in [3.63, 3.8) is 0 Å². The number of piperazine rings is 1. The lowest BCUT2D eigenvalue weighted by atomic mass is 9.96. The first kappa shape index (κ1) is 19.9. The van der Waals surface area contributed by atoms with Crippen LogP contribution in [-0.4, -0.2) is 62.0 Å². The van der Waals surface area contributed by atoms with E-state index in [1.54, 1.807) is 0 Å². The van der Waals surface area contributed by atoms with E-state index in [1.165, 1.54) is 5.56 Å². The van der Waals surface area contributed by atoms with Gasteiger partial charge in [0, 0.05) is 32.7 Å². The molecule has 1 unspecified atom stereocenters. The molecule has 0 bridgehead atoms. The summed E-state index contributed by atoms with van der Waals surface area (Å²) in [5.74, 6) is 0.707. The van der Waals surface area contributed by atoms with Crippen molar-refractivity contribution in [3.05, 3.63) is 35.4 Å².